The second kappa shape index (κ2) is 12.8. The molecule has 2 aromatic carbocycles. The summed E-state index contributed by atoms with van der Waals surface area (Å²) in [5.74, 6) is -1.38. The van der Waals surface area contributed by atoms with Crippen LogP contribution in [0.3, 0.4) is 0 Å². The highest BCUT2D eigenvalue weighted by Crippen LogP contribution is 2.28. The highest BCUT2D eigenvalue weighted by atomic mass is 32.1. The van der Waals surface area contributed by atoms with Crippen LogP contribution in [0.15, 0.2) is 42.5 Å². The molecule has 0 fully saturated rings. The summed E-state index contributed by atoms with van der Waals surface area (Å²) >= 11 is 4.43. The normalized spacial score (nSPS) is 12.0. The number of carbonyl (C=O) groups is 2. The van der Waals surface area contributed by atoms with Crippen molar-refractivity contribution in [3.63, 3.8) is 0 Å². The van der Waals surface area contributed by atoms with Crippen LogP contribution in [0.4, 0.5) is 4.39 Å². The summed E-state index contributed by atoms with van der Waals surface area (Å²) in [6, 6.07) is 11.5. The van der Waals surface area contributed by atoms with Gasteiger partial charge in [0.15, 0.2) is 0 Å². The Morgan fingerprint density at radius 1 is 1.19 bits per heavy atom. The molecule has 0 aliphatic heterocycles. The molecular formula is C28H34FN3O4S. The number of halogens is 1. The Bertz CT molecular complexity index is 1260. The molecule has 37 heavy (non-hydrogen) atoms. The lowest BCUT2D eigenvalue weighted by Gasteiger charge is -2.16. The van der Waals surface area contributed by atoms with Crippen LogP contribution < -0.4 is 10.1 Å². The van der Waals surface area contributed by atoms with Crippen LogP contribution in [0, 0.1) is 11.7 Å². The molecule has 3 aromatic rings. The topological polar surface area (TPSA) is 93.5 Å². The summed E-state index contributed by atoms with van der Waals surface area (Å²) in [5, 5.41) is 12.0. The van der Waals surface area contributed by atoms with Crippen molar-refractivity contribution in [2.75, 3.05) is 6.61 Å². The van der Waals surface area contributed by atoms with Crippen molar-refractivity contribution >= 4 is 24.5 Å². The number of nitrogens with zero attached hydrogens (tertiary/aromatic N) is 2. The van der Waals surface area contributed by atoms with E-state index in [1.54, 1.807) is 34.9 Å². The fourth-order valence-electron chi connectivity index (χ4n) is 4.17. The molecule has 7 nitrogen and oxygen atoms in total. The van der Waals surface area contributed by atoms with Gasteiger partial charge in [0, 0.05) is 5.56 Å². The van der Waals surface area contributed by atoms with Gasteiger partial charge in [-0.1, -0.05) is 51.1 Å². The van der Waals surface area contributed by atoms with Crippen LogP contribution >= 0.6 is 12.6 Å². The summed E-state index contributed by atoms with van der Waals surface area (Å²) < 4.78 is 22.9. The van der Waals surface area contributed by atoms with Crippen LogP contribution in [-0.2, 0) is 24.3 Å². The molecular weight excluding hydrogens is 493 g/mol. The molecule has 3 rings (SSSR count). The molecule has 1 amide bonds. The Hall–Kier alpha value is -3.33. The van der Waals surface area contributed by atoms with Crippen molar-refractivity contribution in [1.29, 1.82) is 0 Å². The molecule has 0 saturated carbocycles. The van der Waals surface area contributed by atoms with Gasteiger partial charge >= 0.3 is 5.97 Å². The quantitative estimate of drug-likeness (QED) is 0.276. The zero-order chi connectivity index (χ0) is 27.1. The molecule has 1 unspecified atom stereocenters. The fourth-order valence-corrected chi connectivity index (χ4v) is 4.68. The third-order valence-corrected chi connectivity index (χ3v) is 6.45. The minimum Gasteiger partial charge on any atom is -0.478 e. The van der Waals surface area contributed by atoms with E-state index in [4.69, 9.17) is 4.74 Å². The number of aromatic nitrogens is 2. The number of aryl methyl sites for hydroxylation is 1. The van der Waals surface area contributed by atoms with Gasteiger partial charge in [0.25, 0.3) is 6.01 Å². The van der Waals surface area contributed by atoms with Crippen LogP contribution in [-0.4, -0.2) is 38.4 Å². The molecule has 1 heterocycles. The maximum atomic E-state index is 15.3. The number of nitrogens with one attached hydrogen (secondary N) is 1. The standard InChI is InChI=1S/C28H34FN3O4S/c1-5-23-24(15-30-26(33)25(37)13-17(3)4)32(28(31-23)36-6-2)16-19-12-11-18(14-22(19)29)20-9-7-8-10-21(20)27(34)35/h7-12,14,17,25,37H,5-6,13,15-16H2,1-4H3,(H,30,33)(H,34,35). The Labute approximate surface area is 222 Å². The number of carbonyl (C=O) groups excluding carboxylic acids is 1. The molecule has 0 aliphatic carbocycles. The number of rotatable bonds is 12. The summed E-state index contributed by atoms with van der Waals surface area (Å²) in [7, 11) is 0. The average Bonchev–Trinajstić information content (AvgIpc) is 3.19. The number of carboxylic acids is 1. The molecule has 2 N–H and O–H groups in total. The minimum atomic E-state index is -1.07. The summed E-state index contributed by atoms with van der Waals surface area (Å²) in [6.07, 6.45) is 1.27. The largest absolute Gasteiger partial charge is 0.478 e. The second-order valence-corrected chi connectivity index (χ2v) is 9.80. The van der Waals surface area contributed by atoms with E-state index >= 15 is 4.39 Å². The molecule has 9 heteroatoms. The molecule has 1 atom stereocenters. The van der Waals surface area contributed by atoms with Crippen molar-refractivity contribution in [3.05, 3.63) is 70.8 Å². The number of carboxylic acid groups (broad SMARTS) is 1. The first kappa shape index (κ1) is 28.2. The third-order valence-electron chi connectivity index (χ3n) is 6.01. The van der Waals surface area contributed by atoms with E-state index in [0.717, 1.165) is 11.4 Å². The Kier molecular flexibility index (Phi) is 9.74. The second-order valence-electron chi connectivity index (χ2n) is 9.18. The molecule has 1 aromatic heterocycles. The third kappa shape index (κ3) is 6.91. The minimum absolute atomic E-state index is 0.105. The van der Waals surface area contributed by atoms with Gasteiger partial charge in [-0.25, -0.2) is 9.18 Å². The van der Waals surface area contributed by atoms with E-state index < -0.39 is 17.0 Å². The molecule has 0 aliphatic rings. The molecule has 0 saturated heterocycles. The number of amides is 1. The van der Waals surface area contributed by atoms with Crippen LogP contribution in [0.1, 0.15) is 61.4 Å². The predicted molar refractivity (Wildman–Crippen MR) is 145 cm³/mol. The van der Waals surface area contributed by atoms with Gasteiger partial charge in [-0.05, 0) is 48.9 Å². The fraction of sp³-hybridized carbons (Fsp3) is 0.393. The van der Waals surface area contributed by atoms with Gasteiger partial charge in [-0.3, -0.25) is 9.36 Å². The zero-order valence-corrected chi connectivity index (χ0v) is 22.5. The van der Waals surface area contributed by atoms with Crippen molar-refractivity contribution in [2.24, 2.45) is 5.92 Å². The smallest absolute Gasteiger partial charge is 0.336 e. The first-order chi connectivity index (χ1) is 17.7. The number of aromatic carboxylic acids is 1. The maximum Gasteiger partial charge on any atom is 0.336 e. The van der Waals surface area contributed by atoms with Crippen LogP contribution in [0.2, 0.25) is 0 Å². The lowest BCUT2D eigenvalue weighted by Crippen LogP contribution is -2.32. The van der Waals surface area contributed by atoms with E-state index in [-0.39, 0.29) is 24.6 Å². The molecule has 198 valence electrons. The number of benzene rings is 2. The number of hydrogen-bond acceptors (Lipinski definition) is 5. The highest BCUT2D eigenvalue weighted by Gasteiger charge is 2.22. The van der Waals surface area contributed by atoms with Gasteiger partial charge in [-0.15, -0.1) is 0 Å². The average molecular weight is 528 g/mol. The van der Waals surface area contributed by atoms with Crippen LogP contribution in [0.5, 0.6) is 6.01 Å². The maximum absolute atomic E-state index is 15.3. The summed E-state index contributed by atoms with van der Waals surface area (Å²) in [5.41, 5.74) is 2.91. The van der Waals surface area contributed by atoms with E-state index in [1.807, 2.05) is 27.7 Å². The highest BCUT2D eigenvalue weighted by molar-refractivity contribution is 7.81. The first-order valence-electron chi connectivity index (χ1n) is 12.4. The molecule has 0 radical (unpaired) electrons. The number of thiol groups is 1. The number of hydrogen-bond donors (Lipinski definition) is 3. The lowest BCUT2D eigenvalue weighted by molar-refractivity contribution is -0.121. The van der Waals surface area contributed by atoms with E-state index in [9.17, 15) is 14.7 Å². The lowest BCUT2D eigenvalue weighted by atomic mass is 9.98. The van der Waals surface area contributed by atoms with Crippen LogP contribution in [0.25, 0.3) is 11.1 Å². The van der Waals surface area contributed by atoms with Gasteiger partial charge in [0.05, 0.1) is 41.9 Å². The monoisotopic (exact) mass is 527 g/mol. The van der Waals surface area contributed by atoms with Gasteiger partial charge in [0.1, 0.15) is 5.82 Å². The summed E-state index contributed by atoms with van der Waals surface area (Å²) in [4.78, 5) is 28.8. The van der Waals surface area contributed by atoms with Crippen molar-refractivity contribution in [2.45, 2.75) is 58.9 Å². The Morgan fingerprint density at radius 2 is 1.92 bits per heavy atom. The summed E-state index contributed by atoms with van der Waals surface area (Å²) in [6.45, 7) is 8.61. The number of ether oxygens (including phenoxy) is 1. The Balaban J connectivity index is 1.92. The van der Waals surface area contributed by atoms with Crippen molar-refractivity contribution in [3.8, 4) is 17.1 Å². The number of imidazole rings is 1. The predicted octanol–water partition coefficient (Wildman–Crippen LogP) is 5.36. The molecule has 0 spiro atoms. The molecule has 0 bridgehead atoms. The van der Waals surface area contributed by atoms with Gasteiger partial charge in [-0.2, -0.15) is 17.6 Å². The zero-order valence-electron chi connectivity index (χ0n) is 21.6. The first-order valence-corrected chi connectivity index (χ1v) is 13.0. The van der Waals surface area contributed by atoms with Crippen molar-refractivity contribution < 1.29 is 23.8 Å². The van der Waals surface area contributed by atoms with E-state index in [2.05, 4.69) is 22.9 Å². The SMILES string of the molecule is CCOc1nc(CC)c(CNC(=O)C(S)CC(C)C)n1Cc1ccc(-c2ccccc2C(=O)O)cc1F. The van der Waals surface area contributed by atoms with Gasteiger partial charge < -0.3 is 15.2 Å². The Morgan fingerprint density at radius 3 is 2.54 bits per heavy atom. The van der Waals surface area contributed by atoms with E-state index in [0.29, 0.717) is 48.1 Å². The van der Waals surface area contributed by atoms with Gasteiger partial charge in [0.2, 0.25) is 5.91 Å². The van der Waals surface area contributed by atoms with Crippen molar-refractivity contribution in [1.82, 2.24) is 14.9 Å². The van der Waals surface area contributed by atoms with E-state index in [1.165, 1.54) is 12.1 Å².